The molecule has 0 atom stereocenters. The fourth-order valence-electron chi connectivity index (χ4n) is 1.65. The second-order valence-electron chi connectivity index (χ2n) is 4.83. The minimum Gasteiger partial charge on any atom is -0.490 e. The molecule has 5 nitrogen and oxygen atoms in total. The lowest BCUT2D eigenvalue weighted by molar-refractivity contribution is -0.141. The number of unbranched alkanes of at least 4 members (excludes halogenated alkanes) is 3. The summed E-state index contributed by atoms with van der Waals surface area (Å²) >= 11 is 0. The number of carboxylic acids is 1. The first-order valence-corrected chi connectivity index (χ1v) is 7.68. The average Bonchev–Trinajstić information content (AvgIpc) is 2.53. The van der Waals surface area contributed by atoms with E-state index in [-0.39, 0.29) is 11.7 Å². The first-order valence-electron chi connectivity index (χ1n) is 7.68. The van der Waals surface area contributed by atoms with E-state index in [1.54, 1.807) is 0 Å². The third-order valence-corrected chi connectivity index (χ3v) is 2.83. The van der Waals surface area contributed by atoms with Crippen LogP contribution in [0.5, 0.6) is 0 Å². The summed E-state index contributed by atoms with van der Waals surface area (Å²) in [6.07, 6.45) is 6.11. The lowest BCUT2D eigenvalue weighted by atomic mass is 10.2. The van der Waals surface area contributed by atoms with Crippen molar-refractivity contribution in [2.24, 2.45) is 0 Å². The first-order chi connectivity index (χ1) is 11.0. The van der Waals surface area contributed by atoms with E-state index in [1.165, 1.54) is 39.4 Å². The molecule has 0 aliphatic carbocycles. The second kappa shape index (κ2) is 13.4. The van der Waals surface area contributed by atoms with Crippen molar-refractivity contribution in [1.82, 2.24) is 0 Å². The molecule has 0 aromatic heterocycles. The van der Waals surface area contributed by atoms with E-state index >= 15 is 0 Å². The van der Waals surface area contributed by atoms with Gasteiger partial charge in [-0.05, 0) is 18.1 Å². The highest BCUT2D eigenvalue weighted by molar-refractivity contribution is 5.89. The molecule has 0 radical (unpaired) electrons. The van der Waals surface area contributed by atoms with Gasteiger partial charge in [-0.15, -0.1) is 0 Å². The van der Waals surface area contributed by atoms with E-state index in [0.29, 0.717) is 6.61 Å². The van der Waals surface area contributed by atoms with Gasteiger partial charge in [0.25, 0.3) is 0 Å². The van der Waals surface area contributed by atoms with Crippen LogP contribution in [-0.4, -0.2) is 30.8 Å². The summed E-state index contributed by atoms with van der Waals surface area (Å²) in [5.74, 6) is -1.30. The first kappa shape index (κ1) is 20.7. The zero-order valence-electron chi connectivity index (χ0n) is 14.1. The monoisotopic (exact) mass is 322 g/mol. The highest BCUT2D eigenvalue weighted by Gasteiger charge is 2.05. The van der Waals surface area contributed by atoms with Gasteiger partial charge in [0, 0.05) is 6.92 Å². The third-order valence-electron chi connectivity index (χ3n) is 2.83. The van der Waals surface area contributed by atoms with Crippen LogP contribution in [-0.2, 0) is 19.1 Å². The Morgan fingerprint density at radius 3 is 2.26 bits per heavy atom. The Hall–Kier alpha value is -2.30. The lowest BCUT2D eigenvalue weighted by Gasteiger charge is -1.99. The highest BCUT2D eigenvalue weighted by atomic mass is 16.5. The van der Waals surface area contributed by atoms with Crippen LogP contribution in [0.15, 0.2) is 36.1 Å². The second-order valence-corrected chi connectivity index (χ2v) is 4.83. The molecule has 0 aliphatic rings. The maximum absolute atomic E-state index is 10.5. The molecule has 0 bridgehead atoms. The van der Waals surface area contributed by atoms with Crippen molar-refractivity contribution in [3.63, 3.8) is 0 Å². The van der Waals surface area contributed by atoms with Gasteiger partial charge in [0.1, 0.15) is 0 Å². The van der Waals surface area contributed by atoms with Crippen molar-refractivity contribution in [2.75, 3.05) is 13.7 Å². The number of benzene rings is 1. The molecule has 0 heterocycles. The molecule has 0 amide bonds. The quantitative estimate of drug-likeness (QED) is 0.340. The highest BCUT2D eigenvalue weighted by Crippen LogP contribution is 2.06. The molecule has 128 valence electrons. The van der Waals surface area contributed by atoms with Crippen LogP contribution in [0.1, 0.15) is 45.1 Å². The number of aliphatic carboxylic acids is 1. The van der Waals surface area contributed by atoms with Gasteiger partial charge in [-0.3, -0.25) is 4.79 Å². The molecular weight excluding hydrogens is 296 g/mol. The Morgan fingerprint density at radius 2 is 1.78 bits per heavy atom. The molecule has 0 spiro atoms. The molecule has 0 saturated carbocycles. The van der Waals surface area contributed by atoms with Gasteiger partial charge in [-0.1, -0.05) is 56.5 Å². The normalized spacial score (nSPS) is 10.3. The molecule has 0 aliphatic heterocycles. The number of carboxylic acid groups (broad SMARTS) is 1. The summed E-state index contributed by atoms with van der Waals surface area (Å²) in [4.78, 5) is 20.8. The van der Waals surface area contributed by atoms with Gasteiger partial charge >= 0.3 is 11.9 Å². The number of hydrogen-bond donors (Lipinski definition) is 1. The van der Waals surface area contributed by atoms with Crippen molar-refractivity contribution in [3.05, 3.63) is 41.7 Å². The lowest BCUT2D eigenvalue weighted by Crippen LogP contribution is -2.01. The molecule has 0 fully saturated rings. The summed E-state index contributed by atoms with van der Waals surface area (Å²) < 4.78 is 9.43. The molecule has 1 aromatic carbocycles. The van der Waals surface area contributed by atoms with E-state index in [9.17, 15) is 9.59 Å². The summed E-state index contributed by atoms with van der Waals surface area (Å²) in [6.45, 7) is 4.20. The van der Waals surface area contributed by atoms with Crippen LogP contribution in [0.4, 0.5) is 0 Å². The summed E-state index contributed by atoms with van der Waals surface area (Å²) in [5, 5.41) is 8.64. The van der Waals surface area contributed by atoms with Crippen molar-refractivity contribution in [1.29, 1.82) is 0 Å². The topological polar surface area (TPSA) is 72.8 Å². The van der Waals surface area contributed by atoms with E-state index in [0.717, 1.165) is 12.0 Å². The van der Waals surface area contributed by atoms with E-state index in [4.69, 9.17) is 9.84 Å². The minimum atomic E-state index is -1.06. The van der Waals surface area contributed by atoms with Crippen molar-refractivity contribution in [2.45, 2.75) is 39.5 Å². The molecular formula is C18H26O5. The summed E-state index contributed by atoms with van der Waals surface area (Å²) in [7, 11) is 1.34. The van der Waals surface area contributed by atoms with E-state index < -0.39 is 5.97 Å². The minimum absolute atomic E-state index is 0.0637. The van der Waals surface area contributed by atoms with Crippen LogP contribution < -0.4 is 0 Å². The molecule has 23 heavy (non-hydrogen) atoms. The molecule has 0 unspecified atom stereocenters. The van der Waals surface area contributed by atoms with Crippen molar-refractivity contribution >= 4 is 18.0 Å². The van der Waals surface area contributed by atoms with Gasteiger partial charge in [-0.25, -0.2) is 4.79 Å². The fourth-order valence-corrected chi connectivity index (χ4v) is 1.65. The van der Waals surface area contributed by atoms with E-state index in [2.05, 4.69) is 11.7 Å². The Morgan fingerprint density at radius 1 is 1.13 bits per heavy atom. The molecule has 1 aromatic rings. The molecule has 1 rings (SSSR count). The predicted octanol–water partition coefficient (Wildman–Crippen LogP) is 3.89. The predicted molar refractivity (Wildman–Crippen MR) is 89.8 cm³/mol. The van der Waals surface area contributed by atoms with Crippen LogP contribution in [0.3, 0.4) is 0 Å². The maximum atomic E-state index is 10.5. The SMILES string of the molecule is CCCCCCOC(C)=O.COC(=Cc1ccccc1)C(=O)O. The number of esters is 1. The van der Waals surface area contributed by atoms with Crippen LogP contribution in [0.2, 0.25) is 0 Å². The van der Waals surface area contributed by atoms with Gasteiger partial charge in [0.05, 0.1) is 13.7 Å². The molecule has 5 heteroatoms. The number of carbonyl (C=O) groups is 2. The van der Waals surface area contributed by atoms with E-state index in [1.807, 2.05) is 30.3 Å². The number of hydrogen-bond acceptors (Lipinski definition) is 4. The number of carbonyl (C=O) groups excluding carboxylic acids is 1. The zero-order valence-corrected chi connectivity index (χ0v) is 14.1. The summed E-state index contributed by atoms with van der Waals surface area (Å²) in [6, 6.07) is 9.15. The Labute approximate surface area is 137 Å². The van der Waals surface area contributed by atoms with Crippen molar-refractivity contribution < 1.29 is 24.2 Å². The largest absolute Gasteiger partial charge is 0.490 e. The smallest absolute Gasteiger partial charge is 0.371 e. The Balaban J connectivity index is 0.000000438. The zero-order chi connectivity index (χ0) is 17.5. The van der Waals surface area contributed by atoms with Gasteiger partial charge in [0.15, 0.2) is 0 Å². The summed E-state index contributed by atoms with van der Waals surface area (Å²) in [5.41, 5.74) is 0.807. The average molecular weight is 322 g/mol. The maximum Gasteiger partial charge on any atom is 0.371 e. The molecule has 1 N–H and O–H groups in total. The third kappa shape index (κ3) is 12.0. The van der Waals surface area contributed by atoms with Crippen LogP contribution in [0.25, 0.3) is 6.08 Å². The van der Waals surface area contributed by atoms with Crippen molar-refractivity contribution in [3.8, 4) is 0 Å². The van der Waals surface area contributed by atoms with Crippen LogP contribution in [0, 0.1) is 0 Å². The number of rotatable bonds is 8. The Kier molecular flexibility index (Phi) is 12.0. The van der Waals surface area contributed by atoms with Gasteiger partial charge < -0.3 is 14.6 Å². The van der Waals surface area contributed by atoms with Crippen LogP contribution >= 0.6 is 0 Å². The fraction of sp³-hybridized carbons (Fsp3) is 0.444. The molecule has 0 saturated heterocycles. The Bertz CT molecular complexity index is 479. The number of ether oxygens (including phenoxy) is 2. The standard InChI is InChI=1S/C10H10O3.C8H16O2/c1-13-9(10(11)12)7-8-5-3-2-4-6-8;1-3-4-5-6-7-10-8(2)9/h2-7H,1H3,(H,11,12);3-7H2,1-2H3. The number of methoxy groups -OCH3 is 1. The van der Waals surface area contributed by atoms with Gasteiger partial charge in [0.2, 0.25) is 5.76 Å². The van der Waals surface area contributed by atoms with Gasteiger partial charge in [-0.2, -0.15) is 0 Å².